The van der Waals surface area contributed by atoms with Crippen molar-refractivity contribution < 1.29 is 27.4 Å². The zero-order valence-electron chi connectivity index (χ0n) is 14.9. The fourth-order valence-electron chi connectivity index (χ4n) is 4.11. The molecule has 1 aliphatic heterocycles. The fourth-order valence-corrected chi connectivity index (χ4v) is 4.11. The standard InChI is InChI=1S/C19H24F3NO3/c1-11-16(26-18(24)23-11)15-10-13(19(20,21)22)8-9-14(15)17(25-2)12-6-4-3-5-7-12/h8-12,16-17H,3-7H2,1-2H3,(H,23,24)/t11-,16+,17+/m1/s1. The van der Waals surface area contributed by atoms with Gasteiger partial charge in [0.15, 0.2) is 0 Å². The fraction of sp³-hybridized carbons (Fsp3) is 0.632. The molecule has 3 rings (SSSR count). The Bertz CT molecular complexity index is 656. The molecule has 0 radical (unpaired) electrons. The monoisotopic (exact) mass is 371 g/mol. The van der Waals surface area contributed by atoms with Gasteiger partial charge in [0.2, 0.25) is 0 Å². The van der Waals surface area contributed by atoms with E-state index < -0.39 is 30.0 Å². The van der Waals surface area contributed by atoms with E-state index in [1.54, 1.807) is 14.0 Å². The number of alkyl halides is 3. The van der Waals surface area contributed by atoms with Crippen LogP contribution in [0.2, 0.25) is 0 Å². The van der Waals surface area contributed by atoms with Crippen molar-refractivity contribution in [2.45, 2.75) is 63.5 Å². The molecule has 0 unspecified atom stereocenters. The van der Waals surface area contributed by atoms with Crippen LogP contribution in [0.5, 0.6) is 0 Å². The summed E-state index contributed by atoms with van der Waals surface area (Å²) in [5.41, 5.74) is 0.314. The number of carbonyl (C=O) groups is 1. The van der Waals surface area contributed by atoms with Crippen molar-refractivity contribution in [3.05, 3.63) is 34.9 Å². The van der Waals surface area contributed by atoms with Gasteiger partial charge in [0.05, 0.1) is 17.7 Å². The summed E-state index contributed by atoms with van der Waals surface area (Å²) in [6.45, 7) is 1.72. The Morgan fingerprint density at radius 2 is 1.92 bits per heavy atom. The molecular weight excluding hydrogens is 347 g/mol. The van der Waals surface area contributed by atoms with Gasteiger partial charge in [-0.3, -0.25) is 0 Å². The molecule has 1 aliphatic carbocycles. The molecule has 0 aromatic heterocycles. The second-order valence-corrected chi connectivity index (χ2v) is 7.15. The molecule has 3 atom stereocenters. The van der Waals surface area contributed by atoms with Crippen LogP contribution in [0.4, 0.5) is 18.0 Å². The van der Waals surface area contributed by atoms with Gasteiger partial charge in [-0.2, -0.15) is 13.2 Å². The molecule has 1 aromatic rings. The van der Waals surface area contributed by atoms with E-state index in [2.05, 4.69) is 5.32 Å². The first-order chi connectivity index (χ1) is 12.3. The molecule has 0 bridgehead atoms. The molecule has 1 amide bonds. The Morgan fingerprint density at radius 3 is 2.46 bits per heavy atom. The number of alkyl carbamates (subject to hydrolysis) is 1. The highest BCUT2D eigenvalue weighted by Gasteiger charge is 2.39. The molecule has 1 heterocycles. The summed E-state index contributed by atoms with van der Waals surface area (Å²) in [7, 11) is 1.59. The van der Waals surface area contributed by atoms with E-state index in [0.29, 0.717) is 11.1 Å². The first-order valence-corrected chi connectivity index (χ1v) is 9.02. The van der Waals surface area contributed by atoms with Gasteiger partial charge in [0.1, 0.15) is 6.10 Å². The van der Waals surface area contributed by atoms with Crippen LogP contribution < -0.4 is 5.32 Å². The number of hydrogen-bond donors (Lipinski definition) is 1. The smallest absolute Gasteiger partial charge is 0.416 e. The summed E-state index contributed by atoms with van der Waals surface area (Å²) in [5.74, 6) is 0.254. The third-order valence-corrected chi connectivity index (χ3v) is 5.39. The Balaban J connectivity index is 2.03. The topological polar surface area (TPSA) is 47.6 Å². The largest absolute Gasteiger partial charge is 0.439 e. The maximum absolute atomic E-state index is 13.2. The second kappa shape index (κ2) is 7.47. The average Bonchev–Trinajstić information content (AvgIpc) is 2.94. The molecule has 4 nitrogen and oxygen atoms in total. The molecule has 0 spiro atoms. The maximum Gasteiger partial charge on any atom is 0.416 e. The van der Waals surface area contributed by atoms with E-state index >= 15 is 0 Å². The number of methoxy groups -OCH3 is 1. The van der Waals surface area contributed by atoms with E-state index in [-0.39, 0.29) is 12.0 Å². The van der Waals surface area contributed by atoms with Gasteiger partial charge in [-0.05, 0) is 43.4 Å². The number of halogens is 3. The van der Waals surface area contributed by atoms with Crippen LogP contribution in [0.25, 0.3) is 0 Å². The number of rotatable bonds is 4. The number of cyclic esters (lactones) is 1. The lowest BCUT2D eigenvalue weighted by Crippen LogP contribution is -2.26. The van der Waals surface area contributed by atoms with Crippen LogP contribution in [0.3, 0.4) is 0 Å². The maximum atomic E-state index is 13.2. The van der Waals surface area contributed by atoms with Crippen molar-refractivity contribution in [3.8, 4) is 0 Å². The molecule has 26 heavy (non-hydrogen) atoms. The summed E-state index contributed by atoms with van der Waals surface area (Å²) in [6.07, 6.45) is -0.812. The molecule has 1 saturated carbocycles. The molecule has 1 aromatic carbocycles. The summed E-state index contributed by atoms with van der Waals surface area (Å²) in [5, 5.41) is 2.60. The van der Waals surface area contributed by atoms with Crippen LogP contribution in [-0.4, -0.2) is 19.2 Å². The minimum absolute atomic E-state index is 0.254. The number of ether oxygens (including phenoxy) is 2. The molecule has 1 saturated heterocycles. The highest BCUT2D eigenvalue weighted by molar-refractivity contribution is 5.70. The summed E-state index contributed by atoms with van der Waals surface area (Å²) >= 11 is 0. The summed E-state index contributed by atoms with van der Waals surface area (Å²) in [6, 6.07) is 3.27. The van der Waals surface area contributed by atoms with Crippen LogP contribution in [0, 0.1) is 5.92 Å². The number of hydrogen-bond acceptors (Lipinski definition) is 3. The lowest BCUT2D eigenvalue weighted by atomic mass is 9.80. The number of benzene rings is 1. The van der Waals surface area contributed by atoms with E-state index in [0.717, 1.165) is 37.8 Å². The van der Waals surface area contributed by atoms with Crippen molar-refractivity contribution >= 4 is 6.09 Å². The number of nitrogens with one attached hydrogen (secondary N) is 1. The van der Waals surface area contributed by atoms with Crippen LogP contribution in [0.15, 0.2) is 18.2 Å². The SMILES string of the molecule is CO[C@H](c1ccc(C(F)(F)F)cc1[C@H]1OC(=O)N[C@@H]1C)C1CCCCC1. The van der Waals surface area contributed by atoms with Gasteiger partial charge in [0, 0.05) is 12.7 Å². The molecule has 144 valence electrons. The Morgan fingerprint density at radius 1 is 1.23 bits per heavy atom. The highest BCUT2D eigenvalue weighted by Crippen LogP contribution is 2.42. The second-order valence-electron chi connectivity index (χ2n) is 7.15. The molecule has 2 aliphatic rings. The normalized spacial score (nSPS) is 25.7. The Labute approximate surface area is 151 Å². The van der Waals surface area contributed by atoms with Gasteiger partial charge in [-0.15, -0.1) is 0 Å². The lowest BCUT2D eigenvalue weighted by Gasteiger charge is -2.32. The quantitative estimate of drug-likeness (QED) is 0.797. The molecular formula is C19H24F3NO3. The number of amides is 1. The van der Waals surface area contributed by atoms with Crippen molar-refractivity contribution in [1.29, 1.82) is 0 Å². The lowest BCUT2D eigenvalue weighted by molar-refractivity contribution is -0.137. The van der Waals surface area contributed by atoms with Crippen molar-refractivity contribution in [2.24, 2.45) is 5.92 Å². The van der Waals surface area contributed by atoms with E-state index in [1.807, 2.05) is 0 Å². The van der Waals surface area contributed by atoms with Crippen molar-refractivity contribution in [1.82, 2.24) is 5.32 Å². The molecule has 1 N–H and O–H groups in total. The van der Waals surface area contributed by atoms with E-state index in [1.165, 1.54) is 12.5 Å². The van der Waals surface area contributed by atoms with Gasteiger partial charge in [-0.1, -0.05) is 25.3 Å². The highest BCUT2D eigenvalue weighted by atomic mass is 19.4. The van der Waals surface area contributed by atoms with E-state index in [9.17, 15) is 18.0 Å². The predicted molar refractivity (Wildman–Crippen MR) is 89.6 cm³/mol. The first-order valence-electron chi connectivity index (χ1n) is 9.02. The zero-order chi connectivity index (χ0) is 18.9. The van der Waals surface area contributed by atoms with Crippen LogP contribution >= 0.6 is 0 Å². The summed E-state index contributed by atoms with van der Waals surface area (Å²) < 4.78 is 50.7. The average molecular weight is 371 g/mol. The zero-order valence-corrected chi connectivity index (χ0v) is 14.9. The first kappa shape index (κ1) is 19.0. The van der Waals surface area contributed by atoms with Gasteiger partial charge >= 0.3 is 12.3 Å². The van der Waals surface area contributed by atoms with E-state index in [4.69, 9.17) is 9.47 Å². The number of carbonyl (C=O) groups excluding carboxylic acids is 1. The molecule has 2 fully saturated rings. The van der Waals surface area contributed by atoms with Gasteiger partial charge in [-0.25, -0.2) is 4.79 Å². The molecule has 7 heteroatoms. The minimum Gasteiger partial charge on any atom is -0.439 e. The summed E-state index contributed by atoms with van der Waals surface area (Å²) in [4.78, 5) is 11.6. The van der Waals surface area contributed by atoms with Crippen molar-refractivity contribution in [3.63, 3.8) is 0 Å². The van der Waals surface area contributed by atoms with Crippen LogP contribution in [0.1, 0.15) is 67.9 Å². The van der Waals surface area contributed by atoms with Gasteiger partial charge in [0.25, 0.3) is 0 Å². The minimum atomic E-state index is -4.46. The predicted octanol–water partition coefficient (Wildman–Crippen LogP) is 5.14. The Kier molecular flexibility index (Phi) is 5.46. The van der Waals surface area contributed by atoms with Crippen molar-refractivity contribution in [2.75, 3.05) is 7.11 Å². The van der Waals surface area contributed by atoms with Gasteiger partial charge < -0.3 is 14.8 Å². The third-order valence-electron chi connectivity index (χ3n) is 5.39. The third kappa shape index (κ3) is 3.82. The Hall–Kier alpha value is -1.76. The van der Waals surface area contributed by atoms with Crippen LogP contribution in [-0.2, 0) is 15.7 Å².